The molecule has 2 rings (SSSR count). The third kappa shape index (κ3) is 2.51. The van der Waals surface area contributed by atoms with E-state index >= 15 is 0 Å². The summed E-state index contributed by atoms with van der Waals surface area (Å²) in [6.07, 6.45) is 0.615. The lowest BCUT2D eigenvalue weighted by molar-refractivity contribution is -0.383. The number of non-ortho nitro benzene ring substituents is 1. The van der Waals surface area contributed by atoms with Crippen molar-refractivity contribution in [2.45, 2.75) is 13.3 Å². The molecule has 0 atom stereocenters. The summed E-state index contributed by atoms with van der Waals surface area (Å²) < 4.78 is 10.0. The van der Waals surface area contributed by atoms with E-state index in [-0.39, 0.29) is 29.0 Å². The van der Waals surface area contributed by atoms with Gasteiger partial charge in [-0.15, -0.1) is 0 Å². The number of ether oxygens (including phenoxy) is 1. The number of esters is 1. The van der Waals surface area contributed by atoms with E-state index in [1.807, 2.05) is 6.92 Å². The number of benzene rings is 1. The van der Waals surface area contributed by atoms with Crippen LogP contribution in [0, 0.1) is 10.1 Å². The van der Waals surface area contributed by atoms with Crippen molar-refractivity contribution < 1.29 is 18.9 Å². The predicted molar refractivity (Wildman–Crippen MR) is 69.7 cm³/mol. The zero-order valence-electron chi connectivity index (χ0n) is 10.6. The number of nitrogens with zero attached hydrogens (tertiary/aromatic N) is 1. The molecule has 1 aromatic carbocycles. The summed E-state index contributed by atoms with van der Waals surface area (Å²) in [5, 5.41) is 11.0. The van der Waals surface area contributed by atoms with Crippen molar-refractivity contribution in [3.05, 3.63) is 50.4 Å². The fourth-order valence-electron chi connectivity index (χ4n) is 1.67. The molecule has 0 aliphatic heterocycles. The maximum absolute atomic E-state index is 11.9. The van der Waals surface area contributed by atoms with Crippen LogP contribution < -0.4 is 5.43 Å². The Bertz CT molecular complexity index is 733. The van der Waals surface area contributed by atoms with Gasteiger partial charge in [0.05, 0.1) is 16.9 Å². The van der Waals surface area contributed by atoms with Crippen LogP contribution in [0.2, 0.25) is 0 Å². The molecule has 0 aliphatic carbocycles. The van der Waals surface area contributed by atoms with Crippen LogP contribution in [0.15, 0.2) is 33.5 Å². The Labute approximate surface area is 112 Å². The molecule has 2 aromatic rings. The number of nitro groups is 1. The first-order valence-corrected chi connectivity index (χ1v) is 5.93. The van der Waals surface area contributed by atoms with Crippen molar-refractivity contribution in [3.63, 3.8) is 0 Å². The number of rotatable bonds is 4. The van der Waals surface area contributed by atoms with Gasteiger partial charge < -0.3 is 9.15 Å². The van der Waals surface area contributed by atoms with Gasteiger partial charge in [0, 0.05) is 12.1 Å². The second kappa shape index (κ2) is 5.52. The van der Waals surface area contributed by atoms with E-state index in [0.717, 1.165) is 6.07 Å². The van der Waals surface area contributed by atoms with Crippen LogP contribution in [0.4, 0.5) is 5.69 Å². The molecule has 1 aromatic heterocycles. The number of nitro benzene ring substituents is 1. The van der Waals surface area contributed by atoms with Gasteiger partial charge in [0.25, 0.3) is 0 Å². The Morgan fingerprint density at radius 2 is 2.20 bits per heavy atom. The quantitative estimate of drug-likeness (QED) is 0.482. The number of hydrogen-bond acceptors (Lipinski definition) is 6. The first-order valence-electron chi connectivity index (χ1n) is 5.93. The van der Waals surface area contributed by atoms with Gasteiger partial charge in [0.15, 0.2) is 5.43 Å². The molecule has 0 saturated heterocycles. The monoisotopic (exact) mass is 277 g/mol. The number of hydrogen-bond donors (Lipinski definition) is 0. The van der Waals surface area contributed by atoms with Crippen LogP contribution >= 0.6 is 0 Å². The largest absolute Gasteiger partial charge is 0.460 e. The van der Waals surface area contributed by atoms with Crippen LogP contribution in [-0.4, -0.2) is 17.5 Å². The molecule has 1 heterocycles. The van der Waals surface area contributed by atoms with Crippen molar-refractivity contribution in [1.82, 2.24) is 0 Å². The van der Waals surface area contributed by atoms with Crippen molar-refractivity contribution in [2.24, 2.45) is 0 Å². The molecule has 104 valence electrons. The number of carbonyl (C=O) groups excluding carboxylic acids is 1. The van der Waals surface area contributed by atoms with E-state index in [0.29, 0.717) is 6.42 Å². The van der Waals surface area contributed by atoms with Gasteiger partial charge in [-0.1, -0.05) is 13.0 Å². The summed E-state index contributed by atoms with van der Waals surface area (Å²) in [6, 6.07) is 4.96. The van der Waals surface area contributed by atoms with E-state index < -0.39 is 16.3 Å². The summed E-state index contributed by atoms with van der Waals surface area (Å²) in [4.78, 5) is 33.8. The fourth-order valence-corrected chi connectivity index (χ4v) is 1.67. The lowest BCUT2D eigenvalue weighted by Crippen LogP contribution is -2.11. The smallest absolute Gasteiger partial charge is 0.374 e. The van der Waals surface area contributed by atoms with Crippen molar-refractivity contribution in [2.75, 3.05) is 6.61 Å². The lowest BCUT2D eigenvalue weighted by atomic mass is 10.2. The minimum absolute atomic E-state index is 0.0474. The van der Waals surface area contributed by atoms with Crippen molar-refractivity contribution >= 4 is 22.6 Å². The van der Waals surface area contributed by atoms with Crippen LogP contribution in [-0.2, 0) is 4.74 Å². The van der Waals surface area contributed by atoms with Gasteiger partial charge in [0.1, 0.15) is 0 Å². The number of carbonyl (C=O) groups is 1. The fraction of sp³-hybridized carbons (Fsp3) is 0.231. The van der Waals surface area contributed by atoms with E-state index in [1.165, 1.54) is 18.2 Å². The number of para-hydroxylation sites is 1. The molecule has 7 nitrogen and oxygen atoms in total. The van der Waals surface area contributed by atoms with Crippen LogP contribution in [0.1, 0.15) is 23.9 Å². The maximum Gasteiger partial charge on any atom is 0.374 e. The molecule has 0 saturated carbocycles. The highest BCUT2D eigenvalue weighted by molar-refractivity contribution is 5.91. The molecule has 0 amide bonds. The van der Waals surface area contributed by atoms with Gasteiger partial charge in [0.2, 0.25) is 11.3 Å². The highest BCUT2D eigenvalue weighted by atomic mass is 16.6. The molecule has 0 N–H and O–H groups in total. The average Bonchev–Trinajstić information content (AvgIpc) is 2.43. The molecule has 0 bridgehead atoms. The lowest BCUT2D eigenvalue weighted by Gasteiger charge is -2.03. The normalized spacial score (nSPS) is 10.4. The molecular weight excluding hydrogens is 266 g/mol. The second-order valence-electron chi connectivity index (χ2n) is 4.02. The van der Waals surface area contributed by atoms with Gasteiger partial charge in [-0.25, -0.2) is 4.79 Å². The highest BCUT2D eigenvalue weighted by Gasteiger charge is 2.19. The maximum atomic E-state index is 11.9. The van der Waals surface area contributed by atoms with E-state index in [4.69, 9.17) is 9.15 Å². The third-order valence-corrected chi connectivity index (χ3v) is 2.57. The zero-order chi connectivity index (χ0) is 14.7. The second-order valence-corrected chi connectivity index (χ2v) is 4.02. The molecule has 7 heteroatoms. The average molecular weight is 277 g/mol. The Morgan fingerprint density at radius 1 is 1.45 bits per heavy atom. The molecule has 0 aliphatic rings. The topological polar surface area (TPSA) is 99.7 Å². The minimum Gasteiger partial charge on any atom is -0.460 e. The minimum atomic E-state index is -0.816. The first-order chi connectivity index (χ1) is 9.54. The Kier molecular flexibility index (Phi) is 3.79. The van der Waals surface area contributed by atoms with E-state index in [1.54, 1.807) is 0 Å². The SMILES string of the molecule is CCCOC(=O)c1cc(=O)c2cccc([N+](=O)[O-])c2o1. The van der Waals surface area contributed by atoms with Crippen LogP contribution in [0.25, 0.3) is 11.0 Å². The van der Waals surface area contributed by atoms with Gasteiger partial charge in [-0.05, 0) is 12.5 Å². The molecule has 0 spiro atoms. The zero-order valence-corrected chi connectivity index (χ0v) is 10.6. The summed E-state index contributed by atoms with van der Waals surface area (Å²) in [7, 11) is 0. The van der Waals surface area contributed by atoms with E-state index in [9.17, 15) is 19.7 Å². The van der Waals surface area contributed by atoms with Crippen molar-refractivity contribution in [1.29, 1.82) is 0 Å². The molecule has 20 heavy (non-hydrogen) atoms. The standard InChI is InChI=1S/C13H11NO6/c1-2-6-19-13(16)11-7-10(15)8-4-3-5-9(14(17)18)12(8)20-11/h3-5,7H,2,6H2,1H3. The molecule has 0 fully saturated rings. The molecular formula is C13H11NO6. The molecule has 0 unspecified atom stereocenters. The van der Waals surface area contributed by atoms with Crippen LogP contribution in [0.5, 0.6) is 0 Å². The summed E-state index contributed by atoms with van der Waals surface area (Å²) in [5.41, 5.74) is -1.13. The number of fused-ring (bicyclic) bond motifs is 1. The summed E-state index contributed by atoms with van der Waals surface area (Å²) in [6.45, 7) is 1.99. The predicted octanol–water partition coefficient (Wildman–Crippen LogP) is 2.27. The van der Waals surface area contributed by atoms with Gasteiger partial charge in [-0.3, -0.25) is 14.9 Å². The van der Waals surface area contributed by atoms with E-state index in [2.05, 4.69) is 0 Å². The van der Waals surface area contributed by atoms with Gasteiger partial charge >= 0.3 is 11.7 Å². The molecule has 0 radical (unpaired) electrons. The Hall–Kier alpha value is -2.70. The Balaban J connectivity index is 2.60. The first kappa shape index (κ1) is 13.7. The highest BCUT2D eigenvalue weighted by Crippen LogP contribution is 2.24. The van der Waals surface area contributed by atoms with Crippen LogP contribution in [0.3, 0.4) is 0 Å². The third-order valence-electron chi connectivity index (χ3n) is 2.57. The summed E-state index contributed by atoms with van der Waals surface area (Å²) >= 11 is 0. The van der Waals surface area contributed by atoms with Gasteiger partial charge in [-0.2, -0.15) is 0 Å². The van der Waals surface area contributed by atoms with Crippen molar-refractivity contribution in [3.8, 4) is 0 Å². The Morgan fingerprint density at radius 3 is 2.85 bits per heavy atom. The summed E-state index contributed by atoms with van der Waals surface area (Å²) in [5.74, 6) is -1.16.